The second kappa shape index (κ2) is 5.78. The number of hydrogen-bond acceptors (Lipinski definition) is 6. The van der Waals surface area contributed by atoms with Gasteiger partial charge in [-0.25, -0.2) is 8.42 Å². The van der Waals surface area contributed by atoms with Gasteiger partial charge in [-0.1, -0.05) is 4.49 Å². The minimum Gasteiger partial charge on any atom is -0.336 e. The molecule has 0 radical (unpaired) electrons. The van der Waals surface area contributed by atoms with Crippen LogP contribution in [0, 0.1) is 0 Å². The van der Waals surface area contributed by atoms with Crippen molar-refractivity contribution in [3.05, 3.63) is 10.6 Å². The first-order chi connectivity index (χ1) is 11.1. The predicted octanol–water partition coefficient (Wildman–Crippen LogP) is 1.06. The monoisotopic (exact) mass is 356 g/mol. The first-order valence-corrected chi connectivity index (χ1v) is 10.6. The van der Waals surface area contributed by atoms with Gasteiger partial charge in [0.25, 0.3) is 5.91 Å². The summed E-state index contributed by atoms with van der Waals surface area (Å²) in [5.74, 6) is 0.609. The lowest BCUT2D eigenvalue weighted by atomic mass is 10.0. The van der Waals surface area contributed by atoms with E-state index in [1.54, 1.807) is 9.21 Å². The Morgan fingerprint density at radius 3 is 2.70 bits per heavy atom. The summed E-state index contributed by atoms with van der Waals surface area (Å²) >= 11 is 1.17. The Labute approximate surface area is 139 Å². The number of aromatic nitrogens is 2. The SMILES string of the molecule is O=C(c1snnc1C1CC1)N1CCCC(N2CCCS2(=O)=O)C1. The number of rotatable bonds is 3. The zero-order chi connectivity index (χ0) is 16.0. The highest BCUT2D eigenvalue weighted by Gasteiger charge is 2.39. The lowest BCUT2D eigenvalue weighted by Crippen LogP contribution is -2.50. The van der Waals surface area contributed by atoms with Crippen LogP contribution in [0.5, 0.6) is 0 Å². The van der Waals surface area contributed by atoms with Gasteiger partial charge in [-0.3, -0.25) is 4.79 Å². The van der Waals surface area contributed by atoms with Crippen LogP contribution in [-0.4, -0.2) is 64.5 Å². The fourth-order valence-corrected chi connectivity index (χ4v) is 6.04. The number of amides is 1. The Kier molecular flexibility index (Phi) is 3.89. The summed E-state index contributed by atoms with van der Waals surface area (Å²) in [6.07, 6.45) is 4.53. The molecule has 2 saturated heterocycles. The Morgan fingerprint density at radius 1 is 1.17 bits per heavy atom. The number of hydrogen-bond donors (Lipinski definition) is 0. The normalized spacial score (nSPS) is 28.2. The number of nitrogens with zero attached hydrogens (tertiary/aromatic N) is 4. The van der Waals surface area contributed by atoms with Crippen molar-refractivity contribution in [1.29, 1.82) is 0 Å². The van der Waals surface area contributed by atoms with E-state index < -0.39 is 10.0 Å². The van der Waals surface area contributed by atoms with Crippen molar-refractivity contribution in [3.8, 4) is 0 Å². The van der Waals surface area contributed by atoms with Crippen molar-refractivity contribution in [3.63, 3.8) is 0 Å². The molecule has 1 unspecified atom stereocenters. The van der Waals surface area contributed by atoms with Crippen LogP contribution in [0.1, 0.15) is 53.4 Å². The molecule has 0 N–H and O–H groups in total. The fourth-order valence-electron chi connectivity index (χ4n) is 3.56. The maximum atomic E-state index is 12.8. The van der Waals surface area contributed by atoms with E-state index in [-0.39, 0.29) is 17.7 Å². The molecule has 1 aromatic rings. The minimum absolute atomic E-state index is 0.0248. The summed E-state index contributed by atoms with van der Waals surface area (Å²) in [6, 6.07) is -0.0783. The first-order valence-electron chi connectivity index (χ1n) is 8.17. The summed E-state index contributed by atoms with van der Waals surface area (Å²) < 4.78 is 29.8. The van der Waals surface area contributed by atoms with Crippen molar-refractivity contribution in [2.45, 2.75) is 44.1 Å². The van der Waals surface area contributed by atoms with Gasteiger partial charge in [-0.15, -0.1) is 5.10 Å². The molecule has 0 bridgehead atoms. The second-order valence-corrected chi connectivity index (χ2v) is 9.38. The molecule has 9 heteroatoms. The summed E-state index contributed by atoms with van der Waals surface area (Å²) in [5, 5.41) is 4.13. The van der Waals surface area contributed by atoms with Crippen LogP contribution in [0.3, 0.4) is 0 Å². The Balaban J connectivity index is 1.51. The number of likely N-dealkylation sites (tertiary alicyclic amines) is 1. The zero-order valence-electron chi connectivity index (χ0n) is 12.8. The molecule has 0 spiro atoms. The minimum atomic E-state index is -3.13. The molecule has 23 heavy (non-hydrogen) atoms. The first kappa shape index (κ1) is 15.5. The lowest BCUT2D eigenvalue weighted by Gasteiger charge is -2.36. The largest absolute Gasteiger partial charge is 0.336 e. The summed E-state index contributed by atoms with van der Waals surface area (Å²) in [4.78, 5) is 15.3. The third kappa shape index (κ3) is 2.89. The number of piperidine rings is 1. The van der Waals surface area contributed by atoms with E-state index in [1.807, 2.05) is 0 Å². The lowest BCUT2D eigenvalue weighted by molar-refractivity contribution is 0.0662. The van der Waals surface area contributed by atoms with Gasteiger partial charge in [-0.2, -0.15) is 4.31 Å². The van der Waals surface area contributed by atoms with Crippen LogP contribution in [0.25, 0.3) is 0 Å². The highest BCUT2D eigenvalue weighted by molar-refractivity contribution is 7.89. The van der Waals surface area contributed by atoms with Gasteiger partial charge >= 0.3 is 0 Å². The molecule has 1 saturated carbocycles. The molecule has 2 aliphatic heterocycles. The Hall–Kier alpha value is -1.06. The molecular weight excluding hydrogens is 336 g/mol. The maximum Gasteiger partial charge on any atom is 0.267 e. The predicted molar refractivity (Wildman–Crippen MR) is 85.9 cm³/mol. The van der Waals surface area contributed by atoms with E-state index in [1.165, 1.54) is 11.5 Å². The second-order valence-electron chi connectivity index (χ2n) is 6.59. The third-order valence-corrected chi connectivity index (χ3v) is 7.63. The zero-order valence-corrected chi connectivity index (χ0v) is 14.5. The summed E-state index contributed by atoms with van der Waals surface area (Å²) in [7, 11) is -3.13. The molecular formula is C14H20N4O3S2. The number of carbonyl (C=O) groups excluding carboxylic acids is 1. The third-order valence-electron chi connectivity index (χ3n) is 4.90. The van der Waals surface area contributed by atoms with Crippen LogP contribution in [-0.2, 0) is 10.0 Å². The molecule has 1 aromatic heterocycles. The smallest absolute Gasteiger partial charge is 0.267 e. The van der Waals surface area contributed by atoms with E-state index >= 15 is 0 Å². The van der Waals surface area contributed by atoms with E-state index in [0.717, 1.165) is 31.4 Å². The summed E-state index contributed by atoms with van der Waals surface area (Å²) in [6.45, 7) is 1.76. The number of sulfonamides is 1. The fraction of sp³-hybridized carbons (Fsp3) is 0.786. The topological polar surface area (TPSA) is 83.5 Å². The average Bonchev–Trinajstić information content (AvgIpc) is 3.15. The molecule has 3 heterocycles. The average molecular weight is 356 g/mol. The molecule has 1 aliphatic carbocycles. The molecule has 1 atom stereocenters. The van der Waals surface area contributed by atoms with Gasteiger partial charge < -0.3 is 4.90 Å². The van der Waals surface area contributed by atoms with Gasteiger partial charge in [0, 0.05) is 31.6 Å². The van der Waals surface area contributed by atoms with Crippen LogP contribution < -0.4 is 0 Å². The highest BCUT2D eigenvalue weighted by Crippen LogP contribution is 2.41. The van der Waals surface area contributed by atoms with Crippen molar-refractivity contribution >= 4 is 27.5 Å². The molecule has 126 valence electrons. The molecule has 0 aromatic carbocycles. The molecule has 1 amide bonds. The highest BCUT2D eigenvalue weighted by atomic mass is 32.2. The maximum absolute atomic E-state index is 12.8. The van der Waals surface area contributed by atoms with Crippen LogP contribution in [0.4, 0.5) is 0 Å². The standard InChI is InChI=1S/C14H20N4O3S2/c19-14(13-12(10-4-5-10)15-16-22-13)17-6-1-3-11(9-17)18-7-2-8-23(18,20)21/h10-11H,1-9H2. The van der Waals surface area contributed by atoms with Crippen LogP contribution >= 0.6 is 11.5 Å². The van der Waals surface area contributed by atoms with Crippen molar-refractivity contribution in [1.82, 2.24) is 18.8 Å². The van der Waals surface area contributed by atoms with Crippen LogP contribution in [0.15, 0.2) is 0 Å². The molecule has 3 fully saturated rings. The molecule has 3 aliphatic rings. The van der Waals surface area contributed by atoms with E-state index in [4.69, 9.17) is 0 Å². The van der Waals surface area contributed by atoms with Crippen molar-refractivity contribution < 1.29 is 13.2 Å². The van der Waals surface area contributed by atoms with E-state index in [2.05, 4.69) is 9.59 Å². The molecule has 7 nitrogen and oxygen atoms in total. The van der Waals surface area contributed by atoms with Crippen LogP contribution in [0.2, 0.25) is 0 Å². The van der Waals surface area contributed by atoms with Crippen molar-refractivity contribution in [2.75, 3.05) is 25.4 Å². The van der Waals surface area contributed by atoms with E-state index in [9.17, 15) is 13.2 Å². The Morgan fingerprint density at radius 2 is 2.00 bits per heavy atom. The Bertz CT molecular complexity index is 713. The van der Waals surface area contributed by atoms with Gasteiger partial charge in [0.1, 0.15) is 4.88 Å². The molecule has 4 rings (SSSR count). The van der Waals surface area contributed by atoms with E-state index in [0.29, 0.717) is 36.9 Å². The van der Waals surface area contributed by atoms with Crippen molar-refractivity contribution in [2.24, 2.45) is 0 Å². The van der Waals surface area contributed by atoms with Gasteiger partial charge in [0.05, 0.1) is 11.4 Å². The summed E-state index contributed by atoms with van der Waals surface area (Å²) in [5.41, 5.74) is 0.843. The van der Waals surface area contributed by atoms with Gasteiger partial charge in [-0.05, 0) is 43.6 Å². The van der Waals surface area contributed by atoms with Gasteiger partial charge in [0.2, 0.25) is 10.0 Å². The number of carbonyl (C=O) groups is 1. The quantitative estimate of drug-likeness (QED) is 0.808. The van der Waals surface area contributed by atoms with Gasteiger partial charge in [0.15, 0.2) is 0 Å².